The van der Waals surface area contributed by atoms with Crippen molar-refractivity contribution < 1.29 is 10.2 Å². The van der Waals surface area contributed by atoms with E-state index < -0.39 is 0 Å². The van der Waals surface area contributed by atoms with Crippen molar-refractivity contribution >= 4 is 0 Å². The summed E-state index contributed by atoms with van der Waals surface area (Å²) in [6.45, 7) is 4.12. The summed E-state index contributed by atoms with van der Waals surface area (Å²) in [5, 5.41) is 18.2. The molecule has 1 rings (SSSR count). The first-order chi connectivity index (χ1) is 5.56. The lowest BCUT2D eigenvalue weighted by Crippen LogP contribution is -2.30. The molecule has 2 heteroatoms. The molecule has 0 radical (unpaired) electrons. The molecule has 0 heterocycles. The summed E-state index contributed by atoms with van der Waals surface area (Å²) in [6.07, 6.45) is 5.90. The Morgan fingerprint density at radius 1 is 1.67 bits per heavy atom. The van der Waals surface area contributed by atoms with E-state index in [0.717, 1.165) is 12.0 Å². The molecule has 0 saturated heterocycles. The maximum atomic E-state index is 9.55. The zero-order chi connectivity index (χ0) is 9.19. The number of aliphatic hydroxyl groups excluding tert-OH is 2. The molecular weight excluding hydrogens is 152 g/mol. The fourth-order valence-corrected chi connectivity index (χ4v) is 1.42. The maximum absolute atomic E-state index is 9.55. The predicted molar refractivity (Wildman–Crippen MR) is 48.7 cm³/mol. The molecule has 1 unspecified atom stereocenters. The normalized spacial score (nSPS) is 31.0. The highest BCUT2D eigenvalue weighted by molar-refractivity contribution is 5.26. The van der Waals surface area contributed by atoms with E-state index in [0.29, 0.717) is 0 Å². The zero-order valence-corrected chi connectivity index (χ0v) is 7.62. The highest BCUT2D eigenvalue weighted by Crippen LogP contribution is 2.34. The number of hydrogen-bond acceptors (Lipinski definition) is 2. The van der Waals surface area contributed by atoms with Crippen LogP contribution in [0.1, 0.15) is 20.3 Å². The van der Waals surface area contributed by atoms with Crippen LogP contribution >= 0.6 is 0 Å². The molecule has 0 amide bonds. The molecule has 0 aromatic rings. The van der Waals surface area contributed by atoms with Gasteiger partial charge >= 0.3 is 0 Å². The monoisotopic (exact) mass is 168 g/mol. The average Bonchev–Trinajstić information content (AvgIpc) is 1.97. The lowest BCUT2D eigenvalue weighted by atomic mass is 9.76. The van der Waals surface area contributed by atoms with Gasteiger partial charge in [-0.25, -0.2) is 0 Å². The highest BCUT2D eigenvalue weighted by atomic mass is 16.3. The minimum Gasteiger partial charge on any atom is -0.392 e. The van der Waals surface area contributed by atoms with E-state index in [9.17, 15) is 5.11 Å². The third kappa shape index (κ3) is 1.96. The summed E-state index contributed by atoms with van der Waals surface area (Å²) in [6, 6.07) is 0. The van der Waals surface area contributed by atoms with Gasteiger partial charge in [-0.3, -0.25) is 0 Å². The third-order valence-corrected chi connectivity index (χ3v) is 2.31. The van der Waals surface area contributed by atoms with Crippen molar-refractivity contribution in [2.45, 2.75) is 26.4 Å². The third-order valence-electron chi connectivity index (χ3n) is 2.31. The Kier molecular flexibility index (Phi) is 2.70. The first-order valence-corrected chi connectivity index (χ1v) is 4.22. The van der Waals surface area contributed by atoms with Gasteiger partial charge in [0.05, 0.1) is 12.7 Å². The van der Waals surface area contributed by atoms with Gasteiger partial charge in [-0.2, -0.15) is 0 Å². The molecule has 1 aliphatic rings. The van der Waals surface area contributed by atoms with Crippen LogP contribution in [0.4, 0.5) is 0 Å². The van der Waals surface area contributed by atoms with E-state index in [4.69, 9.17) is 5.11 Å². The summed E-state index contributed by atoms with van der Waals surface area (Å²) in [5.41, 5.74) is 1.00. The van der Waals surface area contributed by atoms with Crippen LogP contribution in [0.3, 0.4) is 0 Å². The molecular formula is C10H16O2. The molecule has 1 atom stereocenters. The van der Waals surface area contributed by atoms with Crippen LogP contribution in [-0.4, -0.2) is 22.9 Å². The number of aliphatic hydroxyl groups is 2. The lowest BCUT2D eigenvalue weighted by Gasteiger charge is -2.32. The second-order valence-corrected chi connectivity index (χ2v) is 3.93. The minimum absolute atomic E-state index is 0.0752. The maximum Gasteiger partial charge on any atom is 0.0778 e. The fraction of sp³-hybridized carbons (Fsp3) is 0.600. The van der Waals surface area contributed by atoms with Gasteiger partial charge in [-0.1, -0.05) is 32.1 Å². The van der Waals surface area contributed by atoms with Crippen molar-refractivity contribution in [2.24, 2.45) is 5.41 Å². The van der Waals surface area contributed by atoms with Gasteiger partial charge in [0.1, 0.15) is 0 Å². The topological polar surface area (TPSA) is 40.5 Å². The van der Waals surface area contributed by atoms with Gasteiger partial charge in [0.2, 0.25) is 0 Å². The van der Waals surface area contributed by atoms with Crippen molar-refractivity contribution in [3.8, 4) is 0 Å². The Morgan fingerprint density at radius 3 is 2.83 bits per heavy atom. The van der Waals surface area contributed by atoms with Crippen LogP contribution in [0.15, 0.2) is 23.8 Å². The van der Waals surface area contributed by atoms with Crippen LogP contribution in [0.5, 0.6) is 0 Å². The van der Waals surface area contributed by atoms with Crippen molar-refractivity contribution in [2.75, 3.05) is 6.61 Å². The minimum atomic E-state index is -0.367. The van der Waals surface area contributed by atoms with Gasteiger partial charge in [0.15, 0.2) is 0 Å². The Balaban J connectivity index is 2.79. The van der Waals surface area contributed by atoms with Crippen LogP contribution in [0, 0.1) is 5.41 Å². The molecule has 0 saturated carbocycles. The van der Waals surface area contributed by atoms with E-state index in [1.54, 1.807) is 12.2 Å². The molecule has 12 heavy (non-hydrogen) atoms. The van der Waals surface area contributed by atoms with Crippen LogP contribution in [-0.2, 0) is 0 Å². The highest BCUT2D eigenvalue weighted by Gasteiger charge is 2.29. The summed E-state index contributed by atoms with van der Waals surface area (Å²) in [5.74, 6) is 0. The summed E-state index contributed by atoms with van der Waals surface area (Å²) >= 11 is 0. The van der Waals surface area contributed by atoms with Crippen molar-refractivity contribution in [3.05, 3.63) is 23.8 Å². The Labute approximate surface area is 73.2 Å². The van der Waals surface area contributed by atoms with Crippen molar-refractivity contribution in [1.29, 1.82) is 0 Å². The first kappa shape index (κ1) is 9.49. The molecule has 0 aromatic carbocycles. The standard InChI is InChI=1S/C10H16O2/c1-10(2)7-8(5-6-11)3-4-9(10)12/h3-5,9,11-12H,6-7H2,1-2H3/b8-5+. The molecule has 0 aliphatic heterocycles. The SMILES string of the molecule is CC1(C)C/C(=C/CO)C=CC1O. The Hall–Kier alpha value is -0.600. The van der Waals surface area contributed by atoms with E-state index in [1.807, 2.05) is 19.9 Å². The summed E-state index contributed by atoms with van der Waals surface area (Å²) in [4.78, 5) is 0. The number of rotatable bonds is 1. The molecule has 0 spiro atoms. The average molecular weight is 168 g/mol. The molecule has 0 aromatic heterocycles. The van der Waals surface area contributed by atoms with Gasteiger partial charge < -0.3 is 10.2 Å². The van der Waals surface area contributed by atoms with Crippen LogP contribution in [0.25, 0.3) is 0 Å². The Morgan fingerprint density at radius 2 is 2.33 bits per heavy atom. The van der Waals surface area contributed by atoms with E-state index in [2.05, 4.69) is 0 Å². The molecule has 0 fully saturated rings. The second-order valence-electron chi connectivity index (χ2n) is 3.93. The van der Waals surface area contributed by atoms with Gasteiger partial charge in [-0.05, 0) is 17.4 Å². The van der Waals surface area contributed by atoms with Gasteiger partial charge in [0, 0.05) is 0 Å². The number of allylic oxidation sites excluding steroid dienone is 2. The van der Waals surface area contributed by atoms with Crippen molar-refractivity contribution in [1.82, 2.24) is 0 Å². The van der Waals surface area contributed by atoms with Crippen molar-refractivity contribution in [3.63, 3.8) is 0 Å². The molecule has 2 nitrogen and oxygen atoms in total. The van der Waals surface area contributed by atoms with E-state index in [1.165, 1.54) is 0 Å². The first-order valence-electron chi connectivity index (χ1n) is 4.22. The largest absolute Gasteiger partial charge is 0.392 e. The molecule has 2 N–H and O–H groups in total. The quantitative estimate of drug-likeness (QED) is 0.618. The smallest absolute Gasteiger partial charge is 0.0778 e. The van der Waals surface area contributed by atoms with E-state index in [-0.39, 0.29) is 18.1 Å². The summed E-state index contributed by atoms with van der Waals surface area (Å²) < 4.78 is 0. The van der Waals surface area contributed by atoms with Gasteiger partial charge in [-0.15, -0.1) is 0 Å². The van der Waals surface area contributed by atoms with Crippen LogP contribution in [0.2, 0.25) is 0 Å². The van der Waals surface area contributed by atoms with E-state index >= 15 is 0 Å². The number of hydrogen-bond donors (Lipinski definition) is 2. The van der Waals surface area contributed by atoms with Crippen LogP contribution < -0.4 is 0 Å². The lowest BCUT2D eigenvalue weighted by molar-refractivity contribution is 0.0868. The molecule has 0 bridgehead atoms. The predicted octanol–water partition coefficient (Wildman–Crippen LogP) is 1.25. The summed E-state index contributed by atoms with van der Waals surface area (Å²) in [7, 11) is 0. The molecule has 68 valence electrons. The Bertz CT molecular complexity index is 214. The fourth-order valence-electron chi connectivity index (χ4n) is 1.42. The second kappa shape index (κ2) is 3.42. The van der Waals surface area contributed by atoms with Gasteiger partial charge in [0.25, 0.3) is 0 Å². The molecule has 1 aliphatic carbocycles. The zero-order valence-electron chi connectivity index (χ0n) is 7.62.